The standard InChI is InChI=1S/C16H13NO4S2/c1-23(19,20)17-11-4-2-10(3-5-11)14-9-21-15-8-12(22)6-7-13(15)16(14)18/h2-9,17,22H,1H3. The van der Waals surface area contributed by atoms with Crippen LogP contribution in [0.5, 0.6) is 0 Å². The Labute approximate surface area is 138 Å². The molecule has 0 spiro atoms. The first-order valence-corrected chi connectivity index (χ1v) is 9.00. The van der Waals surface area contributed by atoms with Gasteiger partial charge in [-0.3, -0.25) is 9.52 Å². The first-order chi connectivity index (χ1) is 10.8. The van der Waals surface area contributed by atoms with Crippen LogP contribution in [0.3, 0.4) is 0 Å². The number of anilines is 1. The Balaban J connectivity index is 2.05. The van der Waals surface area contributed by atoms with Crippen molar-refractivity contribution in [1.29, 1.82) is 0 Å². The molecule has 3 aromatic rings. The van der Waals surface area contributed by atoms with Crippen LogP contribution in [0, 0.1) is 0 Å². The zero-order chi connectivity index (χ0) is 16.6. The lowest BCUT2D eigenvalue weighted by molar-refractivity contribution is 0.603. The highest BCUT2D eigenvalue weighted by molar-refractivity contribution is 7.92. The van der Waals surface area contributed by atoms with Gasteiger partial charge < -0.3 is 4.42 Å². The van der Waals surface area contributed by atoms with Crippen LogP contribution < -0.4 is 10.2 Å². The molecule has 7 heteroatoms. The maximum Gasteiger partial charge on any atom is 0.229 e. The lowest BCUT2D eigenvalue weighted by atomic mass is 10.1. The molecule has 0 aliphatic rings. The summed E-state index contributed by atoms with van der Waals surface area (Å²) in [4.78, 5) is 13.3. The number of nitrogens with one attached hydrogen (secondary N) is 1. The van der Waals surface area contributed by atoms with E-state index in [1.54, 1.807) is 42.5 Å². The summed E-state index contributed by atoms with van der Waals surface area (Å²) < 4.78 is 30.3. The van der Waals surface area contributed by atoms with Gasteiger partial charge in [0.05, 0.1) is 17.2 Å². The molecule has 0 fully saturated rings. The van der Waals surface area contributed by atoms with Crippen LogP contribution in [0.1, 0.15) is 0 Å². The molecule has 0 aliphatic carbocycles. The van der Waals surface area contributed by atoms with Gasteiger partial charge in [-0.25, -0.2) is 8.42 Å². The number of thiol groups is 1. The zero-order valence-corrected chi connectivity index (χ0v) is 13.8. The number of benzene rings is 2. The lowest BCUT2D eigenvalue weighted by Gasteiger charge is -2.06. The molecule has 2 aromatic carbocycles. The average Bonchev–Trinajstić information content (AvgIpc) is 2.47. The minimum atomic E-state index is -3.33. The fourth-order valence-electron chi connectivity index (χ4n) is 2.25. The summed E-state index contributed by atoms with van der Waals surface area (Å²) in [7, 11) is -3.33. The van der Waals surface area contributed by atoms with E-state index in [2.05, 4.69) is 17.4 Å². The Kier molecular flexibility index (Phi) is 3.91. The molecule has 0 saturated carbocycles. The lowest BCUT2D eigenvalue weighted by Crippen LogP contribution is -2.09. The van der Waals surface area contributed by atoms with E-state index < -0.39 is 10.0 Å². The predicted molar refractivity (Wildman–Crippen MR) is 93.6 cm³/mol. The topological polar surface area (TPSA) is 76.4 Å². The van der Waals surface area contributed by atoms with E-state index in [0.29, 0.717) is 32.7 Å². The van der Waals surface area contributed by atoms with Gasteiger partial charge in [-0.15, -0.1) is 12.6 Å². The SMILES string of the molecule is CS(=O)(=O)Nc1ccc(-c2coc3cc(S)ccc3c2=O)cc1. The van der Waals surface area contributed by atoms with E-state index in [-0.39, 0.29) is 5.43 Å². The van der Waals surface area contributed by atoms with Gasteiger partial charge in [-0.05, 0) is 35.9 Å². The Morgan fingerprint density at radius 1 is 1.09 bits per heavy atom. The van der Waals surface area contributed by atoms with Crippen molar-refractivity contribution in [2.24, 2.45) is 0 Å². The molecule has 3 rings (SSSR count). The van der Waals surface area contributed by atoms with Crippen LogP contribution in [0.2, 0.25) is 0 Å². The molecule has 1 heterocycles. The predicted octanol–water partition coefficient (Wildman–Crippen LogP) is 3.12. The Morgan fingerprint density at radius 3 is 2.43 bits per heavy atom. The molecule has 118 valence electrons. The highest BCUT2D eigenvalue weighted by Gasteiger charge is 2.10. The monoisotopic (exact) mass is 347 g/mol. The van der Waals surface area contributed by atoms with Crippen molar-refractivity contribution in [1.82, 2.24) is 0 Å². The maximum absolute atomic E-state index is 12.6. The van der Waals surface area contributed by atoms with Gasteiger partial charge in [0.1, 0.15) is 11.8 Å². The molecule has 0 bridgehead atoms. The van der Waals surface area contributed by atoms with Crippen LogP contribution in [0.4, 0.5) is 5.69 Å². The van der Waals surface area contributed by atoms with E-state index >= 15 is 0 Å². The van der Waals surface area contributed by atoms with Gasteiger partial charge in [0.15, 0.2) is 5.43 Å². The van der Waals surface area contributed by atoms with Crippen molar-refractivity contribution >= 4 is 39.3 Å². The summed E-state index contributed by atoms with van der Waals surface area (Å²) in [5.74, 6) is 0. The zero-order valence-electron chi connectivity index (χ0n) is 12.1. The third kappa shape index (κ3) is 3.40. The molecular formula is C16H13NO4S2. The molecule has 1 aromatic heterocycles. The smallest absolute Gasteiger partial charge is 0.229 e. The van der Waals surface area contributed by atoms with E-state index in [4.69, 9.17) is 4.42 Å². The molecule has 0 saturated heterocycles. The van der Waals surface area contributed by atoms with Crippen LogP contribution in [-0.2, 0) is 10.0 Å². The minimum Gasteiger partial charge on any atom is -0.463 e. The van der Waals surface area contributed by atoms with E-state index in [9.17, 15) is 13.2 Å². The second kappa shape index (κ2) is 5.75. The van der Waals surface area contributed by atoms with Gasteiger partial charge in [0.2, 0.25) is 10.0 Å². The minimum absolute atomic E-state index is 0.150. The van der Waals surface area contributed by atoms with E-state index in [1.807, 2.05) is 0 Å². The van der Waals surface area contributed by atoms with Crippen LogP contribution in [-0.4, -0.2) is 14.7 Å². The average molecular weight is 347 g/mol. The maximum atomic E-state index is 12.6. The largest absolute Gasteiger partial charge is 0.463 e. The summed E-state index contributed by atoms with van der Waals surface area (Å²) in [5, 5.41) is 0.471. The quantitative estimate of drug-likeness (QED) is 0.714. The third-order valence-corrected chi connectivity index (χ3v) is 4.14. The van der Waals surface area contributed by atoms with E-state index in [0.717, 1.165) is 6.26 Å². The normalized spacial score (nSPS) is 11.6. The number of fused-ring (bicyclic) bond motifs is 1. The van der Waals surface area contributed by atoms with Crippen LogP contribution in [0.15, 0.2) is 62.8 Å². The summed E-state index contributed by atoms with van der Waals surface area (Å²) in [6.07, 6.45) is 2.48. The molecule has 0 unspecified atom stereocenters. The molecule has 0 aliphatic heterocycles. The van der Waals surface area contributed by atoms with E-state index in [1.165, 1.54) is 6.26 Å². The summed E-state index contributed by atoms with van der Waals surface area (Å²) >= 11 is 4.22. The van der Waals surface area contributed by atoms with Crippen molar-refractivity contribution in [3.05, 3.63) is 59.0 Å². The van der Waals surface area contributed by atoms with Crippen molar-refractivity contribution in [3.8, 4) is 11.1 Å². The van der Waals surface area contributed by atoms with Gasteiger partial charge in [0.25, 0.3) is 0 Å². The summed E-state index contributed by atoms with van der Waals surface area (Å²) in [6.45, 7) is 0. The van der Waals surface area contributed by atoms with Crippen molar-refractivity contribution in [3.63, 3.8) is 0 Å². The molecule has 0 radical (unpaired) electrons. The van der Waals surface area contributed by atoms with Crippen LogP contribution >= 0.6 is 12.6 Å². The summed E-state index contributed by atoms with van der Waals surface area (Å²) in [6, 6.07) is 11.6. The van der Waals surface area contributed by atoms with Gasteiger partial charge >= 0.3 is 0 Å². The number of rotatable bonds is 3. The first kappa shape index (κ1) is 15.6. The molecule has 0 amide bonds. The highest BCUT2D eigenvalue weighted by atomic mass is 32.2. The molecule has 0 atom stereocenters. The Morgan fingerprint density at radius 2 is 1.78 bits per heavy atom. The fourth-order valence-corrected chi connectivity index (χ4v) is 3.00. The first-order valence-electron chi connectivity index (χ1n) is 6.66. The number of hydrogen-bond acceptors (Lipinski definition) is 5. The molecule has 5 nitrogen and oxygen atoms in total. The van der Waals surface area contributed by atoms with Crippen molar-refractivity contribution < 1.29 is 12.8 Å². The van der Waals surface area contributed by atoms with Crippen molar-refractivity contribution in [2.45, 2.75) is 4.90 Å². The third-order valence-electron chi connectivity index (χ3n) is 3.26. The Hall–Kier alpha value is -2.25. The number of hydrogen-bond donors (Lipinski definition) is 2. The second-order valence-corrected chi connectivity index (χ2v) is 7.38. The Bertz CT molecular complexity index is 1040. The fraction of sp³-hybridized carbons (Fsp3) is 0.0625. The van der Waals surface area contributed by atoms with Gasteiger partial charge in [-0.2, -0.15) is 0 Å². The summed E-state index contributed by atoms with van der Waals surface area (Å²) in [5.41, 5.74) is 1.82. The van der Waals surface area contributed by atoms with Gasteiger partial charge in [-0.1, -0.05) is 12.1 Å². The highest BCUT2D eigenvalue weighted by Crippen LogP contribution is 2.23. The number of sulfonamides is 1. The molecular weight excluding hydrogens is 334 g/mol. The molecule has 1 N–H and O–H groups in total. The van der Waals surface area contributed by atoms with Gasteiger partial charge in [0, 0.05) is 10.6 Å². The second-order valence-electron chi connectivity index (χ2n) is 5.11. The van der Waals surface area contributed by atoms with Crippen molar-refractivity contribution in [2.75, 3.05) is 11.0 Å². The van der Waals surface area contributed by atoms with Crippen LogP contribution in [0.25, 0.3) is 22.1 Å². The molecule has 23 heavy (non-hydrogen) atoms.